The molecule has 4 rings (SSSR count). The maximum Gasteiger partial charge on any atom is 0.161 e. The van der Waals surface area contributed by atoms with Crippen LogP contribution in [0.25, 0.3) is 22.0 Å². The minimum absolute atomic E-state index is 0.637. The van der Waals surface area contributed by atoms with E-state index in [-0.39, 0.29) is 0 Å². The molecular weight excluding hydrogens is 312 g/mol. The van der Waals surface area contributed by atoms with Gasteiger partial charge in [0.1, 0.15) is 0 Å². The molecule has 0 amide bonds. The summed E-state index contributed by atoms with van der Waals surface area (Å²) in [6.07, 6.45) is 2.41. The van der Waals surface area contributed by atoms with Gasteiger partial charge >= 0.3 is 0 Å². The number of fused-ring (bicyclic) bond motifs is 1. The quantitative estimate of drug-likeness (QED) is 0.746. The lowest BCUT2D eigenvalue weighted by Crippen LogP contribution is -2.26. The number of rotatable bonds is 4. The van der Waals surface area contributed by atoms with Crippen molar-refractivity contribution >= 4 is 10.9 Å². The smallest absolute Gasteiger partial charge is 0.161 e. The fraction of sp³-hybridized carbons (Fsp3) is 0.333. The highest BCUT2D eigenvalue weighted by Gasteiger charge is 2.17. The molecule has 2 N–H and O–H groups in total. The summed E-state index contributed by atoms with van der Waals surface area (Å²) in [7, 11) is 3.33. The molecule has 1 aliphatic rings. The molecule has 1 saturated heterocycles. The summed E-state index contributed by atoms with van der Waals surface area (Å²) in [4.78, 5) is 3.61. The molecule has 130 valence electrons. The third-order valence-electron chi connectivity index (χ3n) is 5.14. The molecule has 0 unspecified atom stereocenters. The standard InChI is InChI=1S/C21H24N2O2/c1-24-20-6-4-16(13-21(20)25-2)15-3-5-18-17(11-15)12-19(23-18)14-7-9-22-10-8-14/h3-6,11-14,22-23H,7-10H2,1-2H3. The predicted octanol–water partition coefficient (Wildman–Crippen LogP) is 4.32. The molecule has 0 bridgehead atoms. The average molecular weight is 336 g/mol. The number of ether oxygens (including phenoxy) is 2. The highest BCUT2D eigenvalue weighted by atomic mass is 16.5. The Hall–Kier alpha value is -2.46. The van der Waals surface area contributed by atoms with Crippen molar-refractivity contribution in [3.63, 3.8) is 0 Å². The van der Waals surface area contributed by atoms with E-state index in [0.29, 0.717) is 5.92 Å². The van der Waals surface area contributed by atoms with Crippen LogP contribution in [0.3, 0.4) is 0 Å². The first-order chi connectivity index (χ1) is 12.3. The van der Waals surface area contributed by atoms with Crippen LogP contribution in [0, 0.1) is 0 Å². The molecule has 1 aliphatic heterocycles. The minimum atomic E-state index is 0.637. The SMILES string of the molecule is COc1ccc(-c2ccc3[nH]c(C4CCNCC4)cc3c2)cc1OC. The minimum Gasteiger partial charge on any atom is -0.493 e. The van der Waals surface area contributed by atoms with Gasteiger partial charge in [-0.2, -0.15) is 0 Å². The molecule has 0 atom stereocenters. The Balaban J connectivity index is 1.69. The molecule has 2 aromatic carbocycles. The second kappa shape index (κ2) is 6.81. The van der Waals surface area contributed by atoms with E-state index in [1.54, 1.807) is 14.2 Å². The van der Waals surface area contributed by atoms with Gasteiger partial charge in [0.15, 0.2) is 11.5 Å². The van der Waals surface area contributed by atoms with Crippen molar-refractivity contribution in [2.75, 3.05) is 27.3 Å². The monoisotopic (exact) mass is 336 g/mol. The van der Waals surface area contributed by atoms with Gasteiger partial charge in [0.2, 0.25) is 0 Å². The summed E-state index contributed by atoms with van der Waals surface area (Å²) >= 11 is 0. The van der Waals surface area contributed by atoms with E-state index in [1.165, 1.54) is 35.0 Å². The Morgan fingerprint density at radius 2 is 1.56 bits per heavy atom. The van der Waals surface area contributed by atoms with Gasteiger partial charge in [0, 0.05) is 22.5 Å². The second-order valence-corrected chi connectivity index (χ2v) is 6.62. The molecule has 2 heterocycles. The summed E-state index contributed by atoms with van der Waals surface area (Å²) in [5.74, 6) is 2.14. The van der Waals surface area contributed by atoms with Crippen LogP contribution in [0.5, 0.6) is 11.5 Å². The van der Waals surface area contributed by atoms with Crippen LogP contribution in [0.4, 0.5) is 0 Å². The number of hydrogen-bond acceptors (Lipinski definition) is 3. The summed E-state index contributed by atoms with van der Waals surface area (Å²) in [5.41, 5.74) is 4.88. The van der Waals surface area contributed by atoms with E-state index < -0.39 is 0 Å². The van der Waals surface area contributed by atoms with Gasteiger partial charge < -0.3 is 19.8 Å². The lowest BCUT2D eigenvalue weighted by molar-refractivity contribution is 0.355. The van der Waals surface area contributed by atoms with Gasteiger partial charge in [-0.05, 0) is 67.4 Å². The molecule has 1 fully saturated rings. The molecule has 4 heteroatoms. The van der Waals surface area contributed by atoms with E-state index in [1.807, 2.05) is 12.1 Å². The van der Waals surface area contributed by atoms with Crippen LogP contribution < -0.4 is 14.8 Å². The van der Waals surface area contributed by atoms with Crippen LogP contribution in [0.15, 0.2) is 42.5 Å². The van der Waals surface area contributed by atoms with Crippen LogP contribution in [0.2, 0.25) is 0 Å². The van der Waals surface area contributed by atoms with Crippen molar-refractivity contribution in [3.05, 3.63) is 48.2 Å². The lowest BCUT2D eigenvalue weighted by Gasteiger charge is -2.21. The van der Waals surface area contributed by atoms with E-state index in [4.69, 9.17) is 9.47 Å². The lowest BCUT2D eigenvalue weighted by atomic mass is 9.94. The number of hydrogen-bond donors (Lipinski definition) is 2. The fourth-order valence-electron chi connectivity index (χ4n) is 3.70. The van der Waals surface area contributed by atoms with E-state index in [0.717, 1.165) is 30.2 Å². The van der Waals surface area contributed by atoms with Crippen molar-refractivity contribution in [1.82, 2.24) is 10.3 Å². The number of aromatic amines is 1. The number of aromatic nitrogens is 1. The topological polar surface area (TPSA) is 46.3 Å². The van der Waals surface area contributed by atoms with Gasteiger partial charge in [-0.15, -0.1) is 0 Å². The number of methoxy groups -OCH3 is 2. The number of nitrogens with one attached hydrogen (secondary N) is 2. The average Bonchev–Trinajstić information content (AvgIpc) is 3.11. The van der Waals surface area contributed by atoms with Gasteiger partial charge in [-0.3, -0.25) is 0 Å². The van der Waals surface area contributed by atoms with Crippen LogP contribution >= 0.6 is 0 Å². The van der Waals surface area contributed by atoms with Gasteiger partial charge in [-0.1, -0.05) is 12.1 Å². The largest absolute Gasteiger partial charge is 0.493 e. The van der Waals surface area contributed by atoms with Gasteiger partial charge in [0.05, 0.1) is 14.2 Å². The number of benzene rings is 2. The summed E-state index contributed by atoms with van der Waals surface area (Å²) in [6.45, 7) is 2.22. The summed E-state index contributed by atoms with van der Waals surface area (Å²) < 4.78 is 10.8. The Bertz CT molecular complexity index is 879. The Labute approximate surface area is 148 Å². The first-order valence-corrected chi connectivity index (χ1v) is 8.84. The number of H-pyrrole nitrogens is 1. The first-order valence-electron chi connectivity index (χ1n) is 8.84. The first kappa shape index (κ1) is 16.0. The highest BCUT2D eigenvalue weighted by Crippen LogP contribution is 2.34. The van der Waals surface area contributed by atoms with E-state index >= 15 is 0 Å². The van der Waals surface area contributed by atoms with Crippen molar-refractivity contribution in [2.45, 2.75) is 18.8 Å². The number of piperidine rings is 1. The van der Waals surface area contributed by atoms with Gasteiger partial charge in [0.25, 0.3) is 0 Å². The molecule has 0 spiro atoms. The third-order valence-corrected chi connectivity index (χ3v) is 5.14. The maximum atomic E-state index is 5.43. The van der Waals surface area contributed by atoms with E-state index in [2.05, 4.69) is 40.6 Å². The zero-order valence-electron chi connectivity index (χ0n) is 14.8. The molecule has 0 saturated carbocycles. The molecule has 25 heavy (non-hydrogen) atoms. The molecule has 1 aromatic heterocycles. The normalized spacial score (nSPS) is 15.4. The van der Waals surface area contributed by atoms with Gasteiger partial charge in [-0.25, -0.2) is 0 Å². The third kappa shape index (κ3) is 3.10. The van der Waals surface area contributed by atoms with Crippen molar-refractivity contribution in [3.8, 4) is 22.6 Å². The Morgan fingerprint density at radius 1 is 0.840 bits per heavy atom. The van der Waals surface area contributed by atoms with Crippen molar-refractivity contribution in [2.24, 2.45) is 0 Å². The predicted molar refractivity (Wildman–Crippen MR) is 102 cm³/mol. The second-order valence-electron chi connectivity index (χ2n) is 6.62. The highest BCUT2D eigenvalue weighted by molar-refractivity contribution is 5.86. The van der Waals surface area contributed by atoms with Crippen molar-refractivity contribution < 1.29 is 9.47 Å². The van der Waals surface area contributed by atoms with Crippen LogP contribution in [-0.4, -0.2) is 32.3 Å². The summed E-state index contributed by atoms with van der Waals surface area (Å²) in [5, 5.41) is 4.70. The molecular formula is C21H24N2O2. The molecule has 0 radical (unpaired) electrons. The van der Waals surface area contributed by atoms with Crippen LogP contribution in [-0.2, 0) is 0 Å². The molecule has 4 nitrogen and oxygen atoms in total. The Kier molecular flexibility index (Phi) is 4.36. The fourth-order valence-corrected chi connectivity index (χ4v) is 3.70. The molecule has 0 aliphatic carbocycles. The zero-order valence-corrected chi connectivity index (χ0v) is 14.8. The zero-order chi connectivity index (χ0) is 17.2. The van der Waals surface area contributed by atoms with Crippen LogP contribution in [0.1, 0.15) is 24.5 Å². The maximum absolute atomic E-state index is 5.43. The van der Waals surface area contributed by atoms with Crippen molar-refractivity contribution in [1.29, 1.82) is 0 Å². The molecule has 3 aromatic rings. The Morgan fingerprint density at radius 3 is 2.32 bits per heavy atom. The summed E-state index contributed by atoms with van der Waals surface area (Å²) in [6, 6.07) is 14.9. The van der Waals surface area contributed by atoms with E-state index in [9.17, 15) is 0 Å².